The van der Waals surface area contributed by atoms with Gasteiger partial charge in [0, 0.05) is 24.2 Å². The summed E-state index contributed by atoms with van der Waals surface area (Å²) in [5.74, 6) is -0.200. The number of halogens is 2. The van der Waals surface area contributed by atoms with Crippen molar-refractivity contribution < 1.29 is 9.13 Å². The maximum Gasteiger partial charge on any atom is 0.123 e. The highest BCUT2D eigenvalue weighted by atomic mass is 79.9. The van der Waals surface area contributed by atoms with Gasteiger partial charge >= 0.3 is 0 Å². The van der Waals surface area contributed by atoms with E-state index in [1.807, 2.05) is 6.92 Å². The van der Waals surface area contributed by atoms with Gasteiger partial charge in [0.25, 0.3) is 0 Å². The highest BCUT2D eigenvalue weighted by molar-refractivity contribution is 9.10. The normalized spacial score (nSPS) is 10.7. The second-order valence-corrected chi connectivity index (χ2v) is 4.32. The largest absolute Gasteiger partial charge is 0.382 e. The first kappa shape index (κ1) is 13.6. The molecule has 1 aromatic rings. The molecule has 0 aliphatic heterocycles. The molecule has 90 valence electrons. The molecular formula is C12H17BrFNO. The maximum absolute atomic E-state index is 13.0. The Balaban J connectivity index is 2.23. The summed E-state index contributed by atoms with van der Waals surface area (Å²) in [6.07, 6.45) is 0.973. The van der Waals surface area contributed by atoms with Gasteiger partial charge in [-0.2, -0.15) is 0 Å². The van der Waals surface area contributed by atoms with Crippen LogP contribution in [0.5, 0.6) is 0 Å². The highest BCUT2D eigenvalue weighted by Crippen LogP contribution is 2.17. The standard InChI is InChI=1S/C12H17BrFNO/c1-2-16-7-3-6-15-9-10-8-11(14)4-5-12(10)13/h4-5,8,15H,2-3,6-7,9H2,1H3. The van der Waals surface area contributed by atoms with Crippen molar-refractivity contribution >= 4 is 15.9 Å². The molecule has 1 aromatic carbocycles. The number of nitrogens with one attached hydrogen (secondary N) is 1. The lowest BCUT2D eigenvalue weighted by Crippen LogP contribution is -2.16. The van der Waals surface area contributed by atoms with Gasteiger partial charge in [-0.25, -0.2) is 4.39 Å². The van der Waals surface area contributed by atoms with Crippen molar-refractivity contribution in [1.82, 2.24) is 5.32 Å². The summed E-state index contributed by atoms with van der Waals surface area (Å²) in [5, 5.41) is 3.25. The first-order chi connectivity index (χ1) is 7.74. The predicted octanol–water partition coefficient (Wildman–Crippen LogP) is 3.10. The zero-order valence-corrected chi connectivity index (χ0v) is 11.0. The molecule has 0 aliphatic rings. The van der Waals surface area contributed by atoms with Gasteiger partial charge in [0.1, 0.15) is 5.82 Å². The Morgan fingerprint density at radius 2 is 2.25 bits per heavy atom. The summed E-state index contributed by atoms with van der Waals surface area (Å²) < 4.78 is 19.1. The predicted molar refractivity (Wildman–Crippen MR) is 66.9 cm³/mol. The van der Waals surface area contributed by atoms with Crippen LogP contribution in [0.4, 0.5) is 4.39 Å². The summed E-state index contributed by atoms with van der Waals surface area (Å²) >= 11 is 3.39. The summed E-state index contributed by atoms with van der Waals surface area (Å²) in [7, 11) is 0. The molecule has 16 heavy (non-hydrogen) atoms. The van der Waals surface area contributed by atoms with Gasteiger partial charge in [0.05, 0.1) is 0 Å². The second kappa shape index (κ2) is 7.76. The molecule has 0 saturated carbocycles. The van der Waals surface area contributed by atoms with Gasteiger partial charge in [0.2, 0.25) is 0 Å². The zero-order valence-electron chi connectivity index (χ0n) is 9.43. The molecule has 0 heterocycles. The quantitative estimate of drug-likeness (QED) is 0.779. The highest BCUT2D eigenvalue weighted by Gasteiger charge is 2.00. The lowest BCUT2D eigenvalue weighted by atomic mass is 10.2. The average Bonchev–Trinajstić information content (AvgIpc) is 2.28. The smallest absolute Gasteiger partial charge is 0.123 e. The minimum Gasteiger partial charge on any atom is -0.382 e. The first-order valence-corrected chi connectivity index (χ1v) is 6.25. The van der Waals surface area contributed by atoms with E-state index in [1.54, 1.807) is 12.1 Å². The SMILES string of the molecule is CCOCCCNCc1cc(F)ccc1Br. The minimum atomic E-state index is -0.200. The summed E-state index contributed by atoms with van der Waals surface area (Å²) in [4.78, 5) is 0. The number of hydrogen-bond acceptors (Lipinski definition) is 2. The Kier molecular flexibility index (Phi) is 6.61. The Hall–Kier alpha value is -0.450. The van der Waals surface area contributed by atoms with Gasteiger partial charge in [-0.15, -0.1) is 0 Å². The number of benzene rings is 1. The van der Waals surface area contributed by atoms with Crippen LogP contribution in [-0.2, 0) is 11.3 Å². The van der Waals surface area contributed by atoms with Crippen molar-refractivity contribution in [1.29, 1.82) is 0 Å². The Bertz CT molecular complexity index is 320. The van der Waals surface area contributed by atoms with Crippen LogP contribution in [0.25, 0.3) is 0 Å². The summed E-state index contributed by atoms with van der Waals surface area (Å²) in [6.45, 7) is 5.06. The molecule has 0 atom stereocenters. The third-order valence-corrected chi connectivity index (χ3v) is 2.94. The lowest BCUT2D eigenvalue weighted by Gasteiger charge is -2.07. The van der Waals surface area contributed by atoms with Gasteiger partial charge < -0.3 is 10.1 Å². The van der Waals surface area contributed by atoms with Crippen LogP contribution in [-0.4, -0.2) is 19.8 Å². The fourth-order valence-electron chi connectivity index (χ4n) is 1.35. The molecule has 0 fully saturated rings. The Morgan fingerprint density at radius 1 is 1.44 bits per heavy atom. The minimum absolute atomic E-state index is 0.200. The van der Waals surface area contributed by atoms with Crippen LogP contribution in [0.1, 0.15) is 18.9 Å². The number of ether oxygens (including phenoxy) is 1. The zero-order chi connectivity index (χ0) is 11.8. The molecule has 0 saturated heterocycles. The summed E-state index contributed by atoms with van der Waals surface area (Å²) in [5.41, 5.74) is 0.941. The van der Waals surface area contributed by atoms with Crippen molar-refractivity contribution in [2.75, 3.05) is 19.8 Å². The fraction of sp³-hybridized carbons (Fsp3) is 0.500. The molecule has 0 amide bonds. The molecule has 0 bridgehead atoms. The van der Waals surface area contributed by atoms with Crippen molar-refractivity contribution in [3.63, 3.8) is 0 Å². The third-order valence-electron chi connectivity index (χ3n) is 2.17. The summed E-state index contributed by atoms with van der Waals surface area (Å²) in [6, 6.07) is 4.72. The molecule has 4 heteroatoms. The monoisotopic (exact) mass is 289 g/mol. The fourth-order valence-corrected chi connectivity index (χ4v) is 1.73. The molecule has 2 nitrogen and oxygen atoms in total. The average molecular weight is 290 g/mol. The van der Waals surface area contributed by atoms with E-state index in [0.29, 0.717) is 6.54 Å². The van der Waals surface area contributed by atoms with E-state index in [4.69, 9.17) is 4.74 Å². The maximum atomic E-state index is 13.0. The van der Waals surface area contributed by atoms with Crippen LogP contribution >= 0.6 is 15.9 Å². The van der Waals surface area contributed by atoms with Gasteiger partial charge in [0.15, 0.2) is 0 Å². The second-order valence-electron chi connectivity index (χ2n) is 3.46. The van der Waals surface area contributed by atoms with E-state index >= 15 is 0 Å². The van der Waals surface area contributed by atoms with E-state index in [-0.39, 0.29) is 5.82 Å². The molecule has 1 N–H and O–H groups in total. The van der Waals surface area contributed by atoms with Crippen molar-refractivity contribution in [3.05, 3.63) is 34.1 Å². The van der Waals surface area contributed by atoms with Crippen molar-refractivity contribution in [2.45, 2.75) is 19.9 Å². The van der Waals surface area contributed by atoms with Crippen LogP contribution in [0.2, 0.25) is 0 Å². The molecule has 0 unspecified atom stereocenters. The molecule has 0 aliphatic carbocycles. The van der Waals surface area contributed by atoms with E-state index in [0.717, 1.165) is 36.2 Å². The van der Waals surface area contributed by atoms with Crippen molar-refractivity contribution in [3.8, 4) is 0 Å². The lowest BCUT2D eigenvalue weighted by molar-refractivity contribution is 0.144. The molecule has 1 rings (SSSR count). The Labute approximate surface area is 104 Å². The molecule has 0 spiro atoms. The van der Waals surface area contributed by atoms with E-state index in [2.05, 4.69) is 21.2 Å². The Morgan fingerprint density at radius 3 is 3.00 bits per heavy atom. The first-order valence-electron chi connectivity index (χ1n) is 5.46. The van der Waals surface area contributed by atoms with E-state index < -0.39 is 0 Å². The molecular weight excluding hydrogens is 273 g/mol. The van der Waals surface area contributed by atoms with Crippen molar-refractivity contribution in [2.24, 2.45) is 0 Å². The van der Waals surface area contributed by atoms with Gasteiger partial charge in [-0.1, -0.05) is 15.9 Å². The van der Waals surface area contributed by atoms with E-state index in [9.17, 15) is 4.39 Å². The van der Waals surface area contributed by atoms with Crippen LogP contribution in [0.3, 0.4) is 0 Å². The number of rotatable bonds is 7. The topological polar surface area (TPSA) is 21.3 Å². The third kappa shape index (κ3) is 5.05. The van der Waals surface area contributed by atoms with Crippen LogP contribution in [0.15, 0.2) is 22.7 Å². The molecule has 0 radical (unpaired) electrons. The van der Waals surface area contributed by atoms with Crippen LogP contribution in [0, 0.1) is 5.82 Å². The van der Waals surface area contributed by atoms with E-state index in [1.165, 1.54) is 6.07 Å². The van der Waals surface area contributed by atoms with Crippen LogP contribution < -0.4 is 5.32 Å². The molecule has 0 aromatic heterocycles. The van der Waals surface area contributed by atoms with Gasteiger partial charge in [-0.05, 0) is 43.7 Å². The number of hydrogen-bond donors (Lipinski definition) is 1. The van der Waals surface area contributed by atoms with Gasteiger partial charge in [-0.3, -0.25) is 0 Å².